The maximum Gasteiger partial charge on any atom is 0.338 e. The molecule has 190 valence electrons. The number of aliphatic imine (C=N–C) groups is 1. The number of aromatic carboxylic acids is 1. The number of benzene rings is 2. The predicted octanol–water partition coefficient (Wildman–Crippen LogP) is 4.78. The Balaban J connectivity index is 1.49. The number of esters is 1. The number of carboxylic acids is 1. The number of carboxylic acid groups (broad SMARTS) is 1. The summed E-state index contributed by atoms with van der Waals surface area (Å²) < 4.78 is 5.01. The quantitative estimate of drug-likeness (QED) is 0.376. The van der Waals surface area contributed by atoms with Gasteiger partial charge in [-0.2, -0.15) is 0 Å². The Kier molecular flexibility index (Phi) is 8.36. The summed E-state index contributed by atoms with van der Waals surface area (Å²) >= 11 is 2.73. The average Bonchev–Trinajstić information content (AvgIpc) is 3.49. The van der Waals surface area contributed by atoms with E-state index in [1.807, 2.05) is 17.5 Å². The van der Waals surface area contributed by atoms with Crippen LogP contribution in [0.1, 0.15) is 38.9 Å². The number of ether oxygens (including phenoxy) is 1. The number of nitrogens with one attached hydrogen (secondary N) is 1. The van der Waals surface area contributed by atoms with Crippen molar-refractivity contribution in [2.24, 2.45) is 4.99 Å². The van der Waals surface area contributed by atoms with Crippen molar-refractivity contribution in [1.82, 2.24) is 4.90 Å². The zero-order valence-electron chi connectivity index (χ0n) is 19.7. The molecule has 0 radical (unpaired) electrons. The highest BCUT2D eigenvalue weighted by molar-refractivity contribution is 8.15. The molecule has 2 heterocycles. The van der Waals surface area contributed by atoms with Gasteiger partial charge in [0.2, 0.25) is 11.8 Å². The molecular formula is C26H23N3O6S2. The van der Waals surface area contributed by atoms with Crippen molar-refractivity contribution in [3.05, 3.63) is 82.0 Å². The van der Waals surface area contributed by atoms with E-state index in [1.54, 1.807) is 36.1 Å². The molecule has 1 aliphatic heterocycles. The summed E-state index contributed by atoms with van der Waals surface area (Å²) in [5.74, 6) is -2.07. The summed E-state index contributed by atoms with van der Waals surface area (Å²) in [7, 11) is 0. The minimum atomic E-state index is -1.06. The van der Waals surface area contributed by atoms with Gasteiger partial charge < -0.3 is 15.2 Å². The number of amides is 2. The van der Waals surface area contributed by atoms with Gasteiger partial charge in [-0.05, 0) is 66.9 Å². The lowest BCUT2D eigenvalue weighted by atomic mass is 10.2. The molecule has 37 heavy (non-hydrogen) atoms. The Labute approximate surface area is 221 Å². The van der Waals surface area contributed by atoms with Crippen LogP contribution in [0.5, 0.6) is 0 Å². The Morgan fingerprint density at radius 1 is 1.05 bits per heavy atom. The molecule has 2 N–H and O–H groups in total. The van der Waals surface area contributed by atoms with Gasteiger partial charge in [0.05, 0.1) is 30.0 Å². The van der Waals surface area contributed by atoms with Crippen LogP contribution >= 0.6 is 23.1 Å². The lowest BCUT2D eigenvalue weighted by Crippen LogP contribution is -2.32. The molecule has 0 bridgehead atoms. The van der Waals surface area contributed by atoms with Gasteiger partial charge in [-0.3, -0.25) is 14.5 Å². The summed E-state index contributed by atoms with van der Waals surface area (Å²) in [4.78, 5) is 56.1. The van der Waals surface area contributed by atoms with Gasteiger partial charge in [0.25, 0.3) is 0 Å². The fourth-order valence-corrected chi connectivity index (χ4v) is 5.35. The third kappa shape index (κ3) is 6.63. The maximum absolute atomic E-state index is 13.3. The number of thioether (sulfide) groups is 1. The van der Waals surface area contributed by atoms with Crippen LogP contribution in [-0.2, 0) is 20.9 Å². The second-order valence-electron chi connectivity index (χ2n) is 7.91. The first-order valence-electron chi connectivity index (χ1n) is 11.3. The number of hydrogen-bond donors (Lipinski definition) is 2. The second-order valence-corrected chi connectivity index (χ2v) is 10.1. The smallest absolute Gasteiger partial charge is 0.338 e. The van der Waals surface area contributed by atoms with E-state index in [0.29, 0.717) is 28.7 Å². The number of rotatable bonds is 9. The van der Waals surface area contributed by atoms with Crippen molar-refractivity contribution in [3.63, 3.8) is 0 Å². The molecule has 1 fully saturated rings. The van der Waals surface area contributed by atoms with Crippen molar-refractivity contribution < 1.29 is 29.0 Å². The third-order valence-corrected chi connectivity index (χ3v) is 7.34. The van der Waals surface area contributed by atoms with Gasteiger partial charge in [0, 0.05) is 17.0 Å². The Bertz CT molecular complexity index is 1320. The van der Waals surface area contributed by atoms with E-state index >= 15 is 0 Å². The van der Waals surface area contributed by atoms with Crippen LogP contribution in [0.25, 0.3) is 0 Å². The molecule has 1 aliphatic rings. The average molecular weight is 538 g/mol. The molecular weight excluding hydrogens is 514 g/mol. The SMILES string of the molecule is CCOC(=O)c1ccc(N=C2S[C@@H](CC(=O)Nc3ccc(C(=O)O)cc3)C(=O)N2Cc2cccs2)cc1. The Morgan fingerprint density at radius 3 is 2.38 bits per heavy atom. The van der Waals surface area contributed by atoms with Gasteiger partial charge in [0.15, 0.2) is 5.17 Å². The van der Waals surface area contributed by atoms with Gasteiger partial charge in [-0.25, -0.2) is 14.6 Å². The number of carbonyl (C=O) groups is 4. The predicted molar refractivity (Wildman–Crippen MR) is 142 cm³/mol. The van der Waals surface area contributed by atoms with Crippen LogP contribution in [-0.4, -0.2) is 50.8 Å². The fraction of sp³-hybridized carbons (Fsp3) is 0.192. The zero-order valence-corrected chi connectivity index (χ0v) is 21.4. The van der Waals surface area contributed by atoms with Crippen molar-refractivity contribution >= 4 is 63.4 Å². The van der Waals surface area contributed by atoms with Crippen molar-refractivity contribution in [3.8, 4) is 0 Å². The normalized spacial score (nSPS) is 16.1. The first-order chi connectivity index (χ1) is 17.8. The number of anilines is 1. The monoisotopic (exact) mass is 537 g/mol. The number of hydrogen-bond acceptors (Lipinski definition) is 8. The van der Waals surface area contributed by atoms with E-state index in [9.17, 15) is 19.2 Å². The van der Waals surface area contributed by atoms with Crippen LogP contribution in [0.4, 0.5) is 11.4 Å². The summed E-state index contributed by atoms with van der Waals surface area (Å²) in [6.07, 6.45) is -0.0774. The fourth-order valence-electron chi connectivity index (χ4n) is 3.50. The van der Waals surface area contributed by atoms with Crippen LogP contribution in [0, 0.1) is 0 Å². The highest BCUT2D eigenvalue weighted by atomic mass is 32.2. The van der Waals surface area contributed by atoms with Crippen molar-refractivity contribution in [2.75, 3.05) is 11.9 Å². The number of carbonyl (C=O) groups excluding carboxylic acids is 3. The molecule has 0 aliphatic carbocycles. The molecule has 9 nitrogen and oxygen atoms in total. The van der Waals surface area contributed by atoms with Crippen molar-refractivity contribution in [2.45, 2.75) is 25.1 Å². The molecule has 2 amide bonds. The zero-order chi connectivity index (χ0) is 26.4. The Morgan fingerprint density at radius 2 is 1.76 bits per heavy atom. The first-order valence-corrected chi connectivity index (χ1v) is 13.1. The molecule has 1 saturated heterocycles. The lowest BCUT2D eigenvalue weighted by Gasteiger charge is -2.15. The third-order valence-electron chi connectivity index (χ3n) is 5.30. The van der Waals surface area contributed by atoms with E-state index < -0.39 is 17.2 Å². The summed E-state index contributed by atoms with van der Waals surface area (Å²) in [5.41, 5.74) is 1.52. The maximum atomic E-state index is 13.3. The minimum absolute atomic E-state index is 0.0774. The van der Waals surface area contributed by atoms with Crippen LogP contribution in [0.2, 0.25) is 0 Å². The Hall–Kier alpha value is -3.96. The second kappa shape index (κ2) is 11.8. The molecule has 1 aromatic heterocycles. The summed E-state index contributed by atoms with van der Waals surface area (Å²) in [6, 6.07) is 16.2. The van der Waals surface area contributed by atoms with E-state index in [2.05, 4.69) is 10.3 Å². The molecule has 1 atom stereocenters. The van der Waals surface area contributed by atoms with Gasteiger partial charge in [0.1, 0.15) is 5.25 Å². The molecule has 0 saturated carbocycles. The van der Waals surface area contributed by atoms with Crippen LogP contribution in [0.15, 0.2) is 71.0 Å². The molecule has 3 aromatic rings. The van der Waals surface area contributed by atoms with Gasteiger partial charge in [-0.1, -0.05) is 17.8 Å². The first kappa shape index (κ1) is 26.1. The van der Waals surface area contributed by atoms with Gasteiger partial charge >= 0.3 is 11.9 Å². The topological polar surface area (TPSA) is 125 Å². The number of amidine groups is 1. The van der Waals surface area contributed by atoms with Crippen LogP contribution in [0.3, 0.4) is 0 Å². The summed E-state index contributed by atoms with van der Waals surface area (Å²) in [6.45, 7) is 2.35. The largest absolute Gasteiger partial charge is 0.478 e. The highest BCUT2D eigenvalue weighted by Crippen LogP contribution is 2.33. The molecule has 11 heteroatoms. The lowest BCUT2D eigenvalue weighted by molar-refractivity contribution is -0.128. The van der Waals surface area contributed by atoms with Crippen molar-refractivity contribution in [1.29, 1.82) is 0 Å². The van der Waals surface area contributed by atoms with E-state index in [4.69, 9.17) is 9.84 Å². The molecule has 0 unspecified atom stereocenters. The molecule has 4 rings (SSSR count). The van der Waals surface area contributed by atoms with E-state index in [-0.39, 0.29) is 30.4 Å². The molecule has 0 spiro atoms. The number of nitrogens with zero attached hydrogens (tertiary/aromatic N) is 2. The van der Waals surface area contributed by atoms with E-state index in [0.717, 1.165) is 4.88 Å². The standard InChI is InChI=1S/C26H23N3O6S2/c1-2-35-25(34)17-7-11-19(12-8-17)28-26-29(15-20-4-3-13-36-20)23(31)21(37-26)14-22(30)27-18-9-5-16(6-10-18)24(32)33/h3-13,21H,2,14-15H2,1H3,(H,27,30)(H,32,33)/t21-/m0/s1. The summed E-state index contributed by atoms with van der Waals surface area (Å²) in [5, 5.41) is 13.4. The van der Waals surface area contributed by atoms with E-state index in [1.165, 1.54) is 47.4 Å². The minimum Gasteiger partial charge on any atom is -0.478 e. The molecule has 2 aromatic carbocycles. The number of thiophene rings is 1. The van der Waals surface area contributed by atoms with Gasteiger partial charge in [-0.15, -0.1) is 11.3 Å². The highest BCUT2D eigenvalue weighted by Gasteiger charge is 2.39. The van der Waals surface area contributed by atoms with Crippen LogP contribution < -0.4 is 5.32 Å².